The Hall–Kier alpha value is -1.70. The maximum atomic E-state index is 12.7. The maximum Gasteiger partial charge on any atom is 0.356 e. The van der Waals surface area contributed by atoms with Crippen LogP contribution in [-0.4, -0.2) is 40.4 Å². The number of fused-ring (bicyclic) bond motifs is 3. The van der Waals surface area contributed by atoms with Gasteiger partial charge in [0.15, 0.2) is 5.69 Å². The highest BCUT2D eigenvalue weighted by atomic mass is 32.2. The van der Waals surface area contributed by atoms with E-state index < -0.39 is 0 Å². The molecular weight excluding hydrogens is 374 g/mol. The van der Waals surface area contributed by atoms with E-state index in [4.69, 9.17) is 20.9 Å². The van der Waals surface area contributed by atoms with Crippen LogP contribution >= 0.6 is 11.8 Å². The second-order valence-corrected chi connectivity index (χ2v) is 9.38. The molecule has 2 fully saturated rings. The van der Waals surface area contributed by atoms with E-state index in [1.54, 1.807) is 0 Å². The van der Waals surface area contributed by atoms with Crippen LogP contribution in [0.2, 0.25) is 0 Å². The van der Waals surface area contributed by atoms with Crippen LogP contribution in [0.3, 0.4) is 0 Å². The van der Waals surface area contributed by atoms with Crippen molar-refractivity contribution in [2.24, 2.45) is 11.7 Å². The number of anilines is 1. The molecule has 8 heteroatoms. The molecule has 2 heterocycles. The molecule has 4 N–H and O–H groups in total. The number of hydrogen-bond acceptors (Lipinski definition) is 5. The first-order valence-corrected chi connectivity index (χ1v) is 11.6. The summed E-state index contributed by atoms with van der Waals surface area (Å²) in [4.78, 5) is 20.1. The van der Waals surface area contributed by atoms with E-state index in [0.29, 0.717) is 28.7 Å². The van der Waals surface area contributed by atoms with Crippen molar-refractivity contribution in [3.8, 4) is 0 Å². The fourth-order valence-corrected chi connectivity index (χ4v) is 5.82. The van der Waals surface area contributed by atoms with Gasteiger partial charge in [-0.05, 0) is 43.4 Å². The van der Waals surface area contributed by atoms with E-state index in [9.17, 15) is 4.79 Å². The van der Waals surface area contributed by atoms with Crippen molar-refractivity contribution < 1.29 is 14.9 Å². The van der Waals surface area contributed by atoms with E-state index in [2.05, 4.69) is 9.47 Å². The molecule has 0 amide bonds. The first-order chi connectivity index (χ1) is 13.6. The number of methoxy groups -OCH3 is 1. The fourth-order valence-electron chi connectivity index (χ4n) is 5.32. The largest absolute Gasteiger partial charge is 0.464 e. The molecule has 0 spiro atoms. The van der Waals surface area contributed by atoms with E-state index in [-0.39, 0.29) is 5.97 Å². The molecule has 2 aliphatic carbocycles. The number of aromatic nitrogens is 2. The third-order valence-corrected chi connectivity index (χ3v) is 7.33. The van der Waals surface area contributed by atoms with Crippen molar-refractivity contribution in [3.63, 3.8) is 0 Å². The zero-order chi connectivity index (χ0) is 19.7. The molecule has 3 aliphatic rings. The number of ether oxygens (including phenoxy) is 1. The van der Waals surface area contributed by atoms with Gasteiger partial charge in [-0.25, -0.2) is 9.78 Å². The lowest BCUT2D eigenvalue weighted by atomic mass is 9.86. The quantitative estimate of drug-likeness (QED) is 0.440. The minimum Gasteiger partial charge on any atom is -0.464 e. The second kappa shape index (κ2) is 8.35. The third-order valence-electron chi connectivity index (χ3n) is 6.58. The molecule has 0 radical (unpaired) electrons. The van der Waals surface area contributed by atoms with Crippen LogP contribution < -0.4 is 16.0 Å². The van der Waals surface area contributed by atoms with Crippen LogP contribution in [0.1, 0.15) is 80.0 Å². The zero-order valence-electron chi connectivity index (χ0n) is 16.7. The molecule has 0 bridgehead atoms. The van der Waals surface area contributed by atoms with Gasteiger partial charge < -0.3 is 9.64 Å². The van der Waals surface area contributed by atoms with E-state index in [1.165, 1.54) is 70.2 Å². The van der Waals surface area contributed by atoms with Crippen LogP contribution in [-0.2, 0) is 10.5 Å². The topological polar surface area (TPSA) is 99.0 Å². The summed E-state index contributed by atoms with van der Waals surface area (Å²) in [5, 5.41) is 5.93. The molecule has 0 saturated heterocycles. The van der Waals surface area contributed by atoms with Crippen LogP contribution in [0.4, 0.5) is 5.95 Å². The number of imidazole rings is 1. The molecule has 1 aliphatic heterocycles. The highest BCUT2D eigenvalue weighted by Gasteiger charge is 2.45. The van der Waals surface area contributed by atoms with Crippen LogP contribution in [0.5, 0.6) is 0 Å². The highest BCUT2D eigenvalue weighted by Crippen LogP contribution is 2.45. The van der Waals surface area contributed by atoms with Gasteiger partial charge in [0.05, 0.1) is 30.6 Å². The van der Waals surface area contributed by atoms with Crippen molar-refractivity contribution in [2.75, 3.05) is 18.6 Å². The Labute approximate surface area is 170 Å². The Balaban J connectivity index is 1.70. The first-order valence-electron chi connectivity index (χ1n) is 10.6. The molecule has 1 aromatic rings. The van der Waals surface area contributed by atoms with Gasteiger partial charge >= 0.3 is 5.97 Å². The van der Waals surface area contributed by atoms with Crippen molar-refractivity contribution in [2.45, 2.75) is 75.6 Å². The summed E-state index contributed by atoms with van der Waals surface area (Å²) in [6.07, 6.45) is 11.4. The normalized spacial score (nSPS) is 24.7. The van der Waals surface area contributed by atoms with E-state index in [1.807, 2.05) is 0 Å². The summed E-state index contributed by atoms with van der Waals surface area (Å²) in [5.41, 5.74) is 6.97. The lowest BCUT2D eigenvalue weighted by Gasteiger charge is -2.35. The molecule has 7 nitrogen and oxygen atoms in total. The van der Waals surface area contributed by atoms with Crippen molar-refractivity contribution >= 4 is 28.8 Å². The summed E-state index contributed by atoms with van der Waals surface area (Å²) in [6, 6.07) is 0.765. The van der Waals surface area contributed by atoms with Gasteiger partial charge in [-0.3, -0.25) is 15.7 Å². The lowest BCUT2D eigenvalue weighted by Crippen LogP contribution is -2.43. The minimum atomic E-state index is -0.311. The smallest absolute Gasteiger partial charge is 0.356 e. The fraction of sp³-hybridized carbons (Fsp3) is 0.750. The molecule has 28 heavy (non-hydrogen) atoms. The number of carbonyl (C=O) groups is 1. The Morgan fingerprint density at radius 1 is 1.18 bits per heavy atom. The molecule has 4 rings (SSSR count). The molecule has 1 aromatic heterocycles. The number of hydrogen-bond donors (Lipinski definition) is 2. The maximum absolute atomic E-state index is 12.7. The Morgan fingerprint density at radius 3 is 2.54 bits per heavy atom. The number of carbonyl (C=O) groups excluding carboxylic acids is 1. The number of nitrogens with zero attached hydrogens (tertiary/aromatic N) is 3. The summed E-state index contributed by atoms with van der Waals surface area (Å²) in [6.45, 7) is 1.05. The monoisotopic (exact) mass is 406 g/mol. The molecule has 2 saturated carbocycles. The number of nitrogens with two attached hydrogens (primary N) is 2. The summed E-state index contributed by atoms with van der Waals surface area (Å²) in [5.74, 6) is 1.86. The highest BCUT2D eigenvalue weighted by molar-refractivity contribution is 8.12. The standard InChI is InChI=1S/C20H31N5O2S/c1-27-18(26)17-14(12-28-19(21)22)23-20-24(11-13-7-3-2-4-8-13)15-9-5-6-10-16(15)25(17)20/h13,15-16H,2-12H2,1H3,(H3,21,22)/p+1. The molecule has 2 atom stereocenters. The number of rotatable bonds is 5. The van der Waals surface area contributed by atoms with Gasteiger partial charge in [0.25, 0.3) is 5.17 Å². The van der Waals surface area contributed by atoms with Crippen LogP contribution in [0.25, 0.3) is 0 Å². The van der Waals surface area contributed by atoms with E-state index in [0.717, 1.165) is 30.5 Å². The van der Waals surface area contributed by atoms with Gasteiger partial charge in [0, 0.05) is 6.54 Å². The van der Waals surface area contributed by atoms with Gasteiger partial charge in [-0.15, -0.1) is 0 Å². The van der Waals surface area contributed by atoms with Gasteiger partial charge in [0.1, 0.15) is 0 Å². The molecular formula is C20H32N5O2S+. The Morgan fingerprint density at radius 2 is 1.86 bits per heavy atom. The number of amidine groups is 1. The predicted octanol–water partition coefficient (Wildman–Crippen LogP) is 1.86. The predicted molar refractivity (Wildman–Crippen MR) is 111 cm³/mol. The SMILES string of the molecule is COC(=O)c1c(CSC(N)=[NH2+])nc2n1C1CCCCC1N2CC1CCCCC1. The number of esters is 1. The molecule has 0 aromatic carbocycles. The van der Waals surface area contributed by atoms with Gasteiger partial charge in [-0.2, -0.15) is 0 Å². The summed E-state index contributed by atoms with van der Waals surface area (Å²) >= 11 is 1.32. The first kappa shape index (κ1) is 19.6. The van der Waals surface area contributed by atoms with Gasteiger partial charge in [-0.1, -0.05) is 32.1 Å². The summed E-state index contributed by atoms with van der Waals surface area (Å²) in [7, 11) is 1.44. The minimum absolute atomic E-state index is 0.290. The average Bonchev–Trinajstić information content (AvgIpc) is 3.22. The molecule has 2 unspecified atom stereocenters. The van der Waals surface area contributed by atoms with Crippen molar-refractivity contribution in [1.29, 1.82) is 0 Å². The summed E-state index contributed by atoms with van der Waals surface area (Å²) < 4.78 is 7.32. The average molecular weight is 407 g/mol. The molecule has 154 valence electrons. The van der Waals surface area contributed by atoms with Crippen LogP contribution in [0, 0.1) is 5.92 Å². The zero-order valence-corrected chi connectivity index (χ0v) is 17.5. The Bertz CT molecular complexity index is 743. The number of thioether (sulfide) groups is 1. The van der Waals surface area contributed by atoms with E-state index >= 15 is 0 Å². The van der Waals surface area contributed by atoms with Gasteiger partial charge in [0.2, 0.25) is 5.95 Å². The lowest BCUT2D eigenvalue weighted by molar-refractivity contribution is -0.110. The van der Waals surface area contributed by atoms with Crippen molar-refractivity contribution in [1.82, 2.24) is 9.55 Å². The second-order valence-electron chi connectivity index (χ2n) is 8.34. The Kier molecular flexibility index (Phi) is 5.85. The van der Waals surface area contributed by atoms with Crippen LogP contribution in [0.15, 0.2) is 0 Å². The van der Waals surface area contributed by atoms with Crippen molar-refractivity contribution in [3.05, 3.63) is 11.4 Å². The third kappa shape index (κ3) is 3.63.